The van der Waals surface area contributed by atoms with Crippen molar-refractivity contribution in [2.75, 3.05) is 27.9 Å². The maximum absolute atomic E-state index is 5.56. The highest BCUT2D eigenvalue weighted by molar-refractivity contribution is 6.77. The first-order valence-electron chi connectivity index (χ1n) is 9.99. The van der Waals surface area contributed by atoms with Crippen molar-refractivity contribution in [2.24, 2.45) is 0 Å². The van der Waals surface area contributed by atoms with Gasteiger partial charge in [-0.15, -0.1) is 0 Å². The quantitative estimate of drug-likeness (QED) is 0.321. The molecule has 26 heavy (non-hydrogen) atoms. The molecule has 1 rings (SSSR count). The Kier molecular flexibility index (Phi) is 10.9. The van der Waals surface area contributed by atoms with Crippen molar-refractivity contribution in [3.05, 3.63) is 35.9 Å². The van der Waals surface area contributed by atoms with Gasteiger partial charge in [-0.2, -0.15) is 0 Å². The van der Waals surface area contributed by atoms with E-state index in [1.165, 1.54) is 23.7 Å². The van der Waals surface area contributed by atoms with Crippen LogP contribution >= 0.6 is 0 Å². The zero-order chi connectivity index (χ0) is 19.5. The molecule has 0 spiro atoms. The minimum atomic E-state index is -2.44. The molecule has 0 aliphatic heterocycles. The molecule has 0 saturated heterocycles. The topological polar surface area (TPSA) is 30.9 Å². The number of hydrogen-bond acceptors (Lipinski definition) is 4. The maximum Gasteiger partial charge on any atom is 0.500 e. The van der Waals surface area contributed by atoms with Crippen LogP contribution in [0.3, 0.4) is 0 Å². The van der Waals surface area contributed by atoms with Crippen LogP contribution in [0, 0.1) is 0 Å². The van der Waals surface area contributed by atoms with Crippen LogP contribution in [0.15, 0.2) is 30.3 Å². The van der Waals surface area contributed by atoms with Gasteiger partial charge < -0.3 is 17.8 Å². The first-order valence-corrected chi connectivity index (χ1v) is 14.5. The summed E-state index contributed by atoms with van der Waals surface area (Å²) in [6.07, 6.45) is 2.24. The monoisotopic (exact) mass is 397 g/mol. The van der Waals surface area contributed by atoms with E-state index >= 15 is 0 Å². The lowest BCUT2D eigenvalue weighted by atomic mass is 10.2. The fourth-order valence-corrected chi connectivity index (χ4v) is 9.70. The molecular formula is C20H39NO3Si2. The van der Waals surface area contributed by atoms with Gasteiger partial charge in [0.2, 0.25) is 0 Å². The fourth-order valence-electron chi connectivity index (χ4n) is 3.91. The van der Waals surface area contributed by atoms with Gasteiger partial charge in [0.1, 0.15) is 8.24 Å². The van der Waals surface area contributed by atoms with Crippen molar-refractivity contribution in [1.29, 1.82) is 0 Å². The second-order valence-electron chi connectivity index (χ2n) is 6.94. The van der Waals surface area contributed by atoms with Gasteiger partial charge in [0.15, 0.2) is 0 Å². The molecule has 0 aromatic heterocycles. The Morgan fingerprint density at radius 1 is 0.808 bits per heavy atom. The summed E-state index contributed by atoms with van der Waals surface area (Å²) in [5.74, 6) is 0. The van der Waals surface area contributed by atoms with Crippen LogP contribution in [0.5, 0.6) is 0 Å². The van der Waals surface area contributed by atoms with E-state index in [-0.39, 0.29) is 0 Å². The normalized spacial score (nSPS) is 12.7. The second kappa shape index (κ2) is 12.1. The molecule has 0 aliphatic carbocycles. The molecule has 4 nitrogen and oxygen atoms in total. The summed E-state index contributed by atoms with van der Waals surface area (Å²) >= 11 is 0. The van der Waals surface area contributed by atoms with Crippen LogP contribution in [0.25, 0.3) is 0 Å². The molecule has 6 heteroatoms. The Morgan fingerprint density at radius 3 is 1.81 bits per heavy atom. The molecule has 0 bridgehead atoms. The Balaban J connectivity index is 2.76. The van der Waals surface area contributed by atoms with Gasteiger partial charge in [0.05, 0.1) is 0 Å². The zero-order valence-electron chi connectivity index (χ0n) is 17.7. The molecule has 0 atom stereocenters. The van der Waals surface area contributed by atoms with E-state index in [4.69, 9.17) is 13.3 Å². The van der Waals surface area contributed by atoms with Crippen molar-refractivity contribution >= 4 is 17.0 Å². The first kappa shape index (κ1) is 23.5. The summed E-state index contributed by atoms with van der Waals surface area (Å²) in [4.78, 5) is 0. The molecule has 0 saturated carbocycles. The van der Waals surface area contributed by atoms with E-state index in [1.807, 2.05) is 0 Å². The molecule has 1 aromatic rings. The van der Waals surface area contributed by atoms with Crippen LogP contribution in [0.1, 0.15) is 39.2 Å². The van der Waals surface area contributed by atoms with Crippen molar-refractivity contribution in [3.63, 3.8) is 0 Å². The molecule has 0 amide bonds. The standard InChI is InChI=1S/C20H39NO3Si2/c1-7-25(8-2,9-3)21(19-20-15-11-10-12-16-20)17-13-14-18-26(22-4,23-5)24-6/h10-12,15-16H,7-9,13-14,17-19H2,1-6H3. The summed E-state index contributed by atoms with van der Waals surface area (Å²) < 4.78 is 19.5. The highest BCUT2D eigenvalue weighted by atomic mass is 28.4. The van der Waals surface area contributed by atoms with E-state index in [9.17, 15) is 0 Å². The molecule has 0 N–H and O–H groups in total. The molecular weight excluding hydrogens is 358 g/mol. The minimum Gasteiger partial charge on any atom is -0.377 e. The summed E-state index contributed by atoms with van der Waals surface area (Å²) in [6.45, 7) is 9.38. The Morgan fingerprint density at radius 2 is 1.35 bits per heavy atom. The van der Waals surface area contributed by atoms with E-state index in [2.05, 4.69) is 55.7 Å². The second-order valence-corrected chi connectivity index (χ2v) is 15.2. The van der Waals surface area contributed by atoms with Gasteiger partial charge in [-0.1, -0.05) is 51.1 Å². The third kappa shape index (κ3) is 6.28. The van der Waals surface area contributed by atoms with Gasteiger partial charge >= 0.3 is 8.80 Å². The van der Waals surface area contributed by atoms with Gasteiger partial charge in [0, 0.05) is 33.9 Å². The molecule has 150 valence electrons. The summed E-state index contributed by atoms with van der Waals surface area (Å²) in [5.41, 5.74) is 1.43. The average Bonchev–Trinajstić information content (AvgIpc) is 2.71. The highest BCUT2D eigenvalue weighted by Crippen LogP contribution is 2.28. The van der Waals surface area contributed by atoms with Crippen molar-refractivity contribution < 1.29 is 13.3 Å². The summed E-state index contributed by atoms with van der Waals surface area (Å²) in [7, 11) is 1.25. The largest absolute Gasteiger partial charge is 0.500 e. The predicted molar refractivity (Wildman–Crippen MR) is 115 cm³/mol. The molecule has 1 aromatic carbocycles. The number of unbranched alkanes of at least 4 members (excludes halogenated alkanes) is 1. The minimum absolute atomic E-state index is 0.884. The Hall–Kier alpha value is -0.506. The van der Waals surface area contributed by atoms with E-state index in [1.54, 1.807) is 21.3 Å². The van der Waals surface area contributed by atoms with E-state index < -0.39 is 17.0 Å². The lowest BCUT2D eigenvalue weighted by Gasteiger charge is -2.41. The summed E-state index contributed by atoms with van der Waals surface area (Å²) in [6, 6.07) is 15.8. The van der Waals surface area contributed by atoms with Crippen molar-refractivity contribution in [1.82, 2.24) is 4.57 Å². The van der Waals surface area contributed by atoms with Crippen LogP contribution in [0.4, 0.5) is 0 Å². The smallest absolute Gasteiger partial charge is 0.377 e. The van der Waals surface area contributed by atoms with Crippen molar-refractivity contribution in [2.45, 2.75) is 64.3 Å². The van der Waals surface area contributed by atoms with Crippen LogP contribution in [-0.2, 0) is 19.8 Å². The van der Waals surface area contributed by atoms with E-state index in [0.29, 0.717) is 0 Å². The third-order valence-electron chi connectivity index (χ3n) is 5.96. The van der Waals surface area contributed by atoms with Crippen LogP contribution in [-0.4, -0.2) is 49.5 Å². The molecule has 0 radical (unpaired) electrons. The average molecular weight is 398 g/mol. The van der Waals surface area contributed by atoms with Gasteiger partial charge in [-0.3, -0.25) is 0 Å². The Bertz CT molecular complexity index is 463. The van der Waals surface area contributed by atoms with Crippen LogP contribution in [0.2, 0.25) is 24.2 Å². The maximum atomic E-state index is 5.56. The zero-order valence-corrected chi connectivity index (χ0v) is 19.7. The first-order chi connectivity index (χ1) is 12.5. The van der Waals surface area contributed by atoms with Gasteiger partial charge in [-0.25, -0.2) is 0 Å². The number of rotatable bonds is 14. The summed E-state index contributed by atoms with van der Waals surface area (Å²) in [5, 5.41) is 0. The fraction of sp³-hybridized carbons (Fsp3) is 0.700. The SMILES string of the molecule is CC[Si](CC)(CC)N(CCCC[Si](OC)(OC)OC)Cc1ccccc1. The van der Waals surface area contributed by atoms with Crippen molar-refractivity contribution in [3.8, 4) is 0 Å². The third-order valence-corrected chi connectivity index (χ3v) is 14.5. The number of benzene rings is 1. The van der Waals surface area contributed by atoms with Gasteiger partial charge in [-0.05, 0) is 43.1 Å². The Labute approximate surface area is 163 Å². The molecule has 0 heterocycles. The van der Waals surface area contributed by atoms with Gasteiger partial charge in [0.25, 0.3) is 0 Å². The number of nitrogens with zero attached hydrogens (tertiary/aromatic N) is 1. The van der Waals surface area contributed by atoms with Crippen LogP contribution < -0.4 is 0 Å². The highest BCUT2D eigenvalue weighted by Gasteiger charge is 2.38. The lowest BCUT2D eigenvalue weighted by Crippen LogP contribution is -2.52. The number of hydrogen-bond donors (Lipinski definition) is 0. The predicted octanol–water partition coefficient (Wildman–Crippen LogP) is 5.15. The molecule has 0 fully saturated rings. The lowest BCUT2D eigenvalue weighted by molar-refractivity contribution is 0.122. The molecule has 0 aliphatic rings. The molecule has 0 unspecified atom stereocenters. The van der Waals surface area contributed by atoms with E-state index in [0.717, 1.165) is 32.0 Å².